The number of hydrogen-bond donors (Lipinski definition) is 1. The standard InChI is InChI=1S/C12H18N2O3/c1-5-6-7(2)17-11-10(12(15)16)8(3)9(4)13-14-11/h7H,5-6H2,1-4H3,(H,15,16). The number of carbonyl (C=O) groups is 1. The fourth-order valence-corrected chi connectivity index (χ4v) is 1.58. The van der Waals surface area contributed by atoms with Gasteiger partial charge >= 0.3 is 5.97 Å². The van der Waals surface area contributed by atoms with Crippen molar-refractivity contribution in [2.45, 2.75) is 46.6 Å². The molecule has 5 heteroatoms. The Labute approximate surface area is 101 Å². The molecule has 1 heterocycles. The lowest BCUT2D eigenvalue weighted by atomic mass is 10.1. The zero-order chi connectivity index (χ0) is 13.0. The predicted molar refractivity (Wildman–Crippen MR) is 63.5 cm³/mol. The first-order valence-electron chi connectivity index (χ1n) is 5.71. The third kappa shape index (κ3) is 3.15. The summed E-state index contributed by atoms with van der Waals surface area (Å²) < 4.78 is 5.53. The fraction of sp³-hybridized carbons (Fsp3) is 0.583. The highest BCUT2D eigenvalue weighted by molar-refractivity contribution is 5.92. The van der Waals surface area contributed by atoms with Gasteiger partial charge in [0.25, 0.3) is 0 Å². The minimum absolute atomic E-state index is 0.0606. The molecule has 17 heavy (non-hydrogen) atoms. The molecule has 0 saturated heterocycles. The zero-order valence-corrected chi connectivity index (χ0v) is 10.6. The van der Waals surface area contributed by atoms with Crippen LogP contribution >= 0.6 is 0 Å². The molecule has 1 N–H and O–H groups in total. The second-order valence-electron chi connectivity index (χ2n) is 4.11. The van der Waals surface area contributed by atoms with E-state index in [0.717, 1.165) is 12.8 Å². The van der Waals surface area contributed by atoms with Crippen molar-refractivity contribution in [3.8, 4) is 5.88 Å². The molecule has 1 unspecified atom stereocenters. The van der Waals surface area contributed by atoms with Gasteiger partial charge in [0.15, 0.2) is 0 Å². The topological polar surface area (TPSA) is 72.3 Å². The van der Waals surface area contributed by atoms with Crippen molar-refractivity contribution < 1.29 is 14.6 Å². The highest BCUT2D eigenvalue weighted by Gasteiger charge is 2.20. The Morgan fingerprint density at radius 3 is 2.59 bits per heavy atom. The molecule has 94 valence electrons. The molecule has 0 aliphatic carbocycles. The minimum Gasteiger partial charge on any atom is -0.477 e. The van der Waals surface area contributed by atoms with Crippen LogP contribution < -0.4 is 4.74 Å². The molecule has 0 aliphatic rings. The van der Waals surface area contributed by atoms with Crippen molar-refractivity contribution in [1.82, 2.24) is 10.2 Å². The van der Waals surface area contributed by atoms with Crippen LogP contribution in [-0.4, -0.2) is 27.4 Å². The van der Waals surface area contributed by atoms with Gasteiger partial charge in [-0.25, -0.2) is 4.79 Å². The molecular weight excluding hydrogens is 220 g/mol. The number of aromatic carboxylic acids is 1. The van der Waals surface area contributed by atoms with Gasteiger partial charge in [-0.1, -0.05) is 13.3 Å². The number of carboxylic acid groups (broad SMARTS) is 1. The second-order valence-corrected chi connectivity index (χ2v) is 4.11. The van der Waals surface area contributed by atoms with Crippen molar-refractivity contribution in [2.24, 2.45) is 0 Å². The summed E-state index contributed by atoms with van der Waals surface area (Å²) in [5, 5.41) is 16.9. The Morgan fingerprint density at radius 2 is 2.06 bits per heavy atom. The molecule has 0 bridgehead atoms. The smallest absolute Gasteiger partial charge is 0.341 e. The molecule has 0 aromatic carbocycles. The molecular formula is C12H18N2O3. The number of aryl methyl sites for hydroxylation is 1. The number of ether oxygens (including phenoxy) is 1. The molecule has 0 saturated carbocycles. The molecule has 1 atom stereocenters. The van der Waals surface area contributed by atoms with Crippen molar-refractivity contribution in [3.05, 3.63) is 16.8 Å². The van der Waals surface area contributed by atoms with E-state index < -0.39 is 5.97 Å². The average molecular weight is 238 g/mol. The summed E-state index contributed by atoms with van der Waals surface area (Å²) in [6.07, 6.45) is 1.77. The van der Waals surface area contributed by atoms with Crippen molar-refractivity contribution in [1.29, 1.82) is 0 Å². The molecule has 1 aromatic rings. The minimum atomic E-state index is -1.03. The van der Waals surface area contributed by atoms with Gasteiger partial charge in [-0.05, 0) is 32.8 Å². The Balaban J connectivity index is 3.07. The Morgan fingerprint density at radius 1 is 1.41 bits per heavy atom. The van der Waals surface area contributed by atoms with Gasteiger partial charge in [0.1, 0.15) is 5.56 Å². The third-order valence-corrected chi connectivity index (χ3v) is 2.64. The summed E-state index contributed by atoms with van der Waals surface area (Å²) in [4.78, 5) is 11.2. The lowest BCUT2D eigenvalue weighted by molar-refractivity contribution is 0.0686. The van der Waals surface area contributed by atoms with Gasteiger partial charge in [0, 0.05) is 0 Å². The predicted octanol–water partition coefficient (Wildman–Crippen LogP) is 2.36. The molecule has 0 spiro atoms. The van der Waals surface area contributed by atoms with Crippen LogP contribution in [0, 0.1) is 13.8 Å². The third-order valence-electron chi connectivity index (χ3n) is 2.64. The first-order valence-corrected chi connectivity index (χ1v) is 5.71. The van der Waals surface area contributed by atoms with Crippen LogP contribution in [-0.2, 0) is 0 Å². The average Bonchev–Trinajstić information content (AvgIpc) is 2.23. The Kier molecular flexibility index (Phi) is 4.43. The summed E-state index contributed by atoms with van der Waals surface area (Å²) in [5.41, 5.74) is 1.32. The number of hydrogen-bond acceptors (Lipinski definition) is 4. The number of nitrogens with zero attached hydrogens (tertiary/aromatic N) is 2. The van der Waals surface area contributed by atoms with Gasteiger partial charge in [0.05, 0.1) is 11.8 Å². The van der Waals surface area contributed by atoms with Gasteiger partial charge in [-0.3, -0.25) is 0 Å². The van der Waals surface area contributed by atoms with E-state index in [0.29, 0.717) is 11.3 Å². The van der Waals surface area contributed by atoms with Crippen LogP contribution in [0.4, 0.5) is 0 Å². The summed E-state index contributed by atoms with van der Waals surface area (Å²) in [5.74, 6) is -0.916. The molecule has 0 fully saturated rings. The van der Waals surface area contributed by atoms with E-state index in [1.165, 1.54) is 0 Å². The maximum absolute atomic E-state index is 11.2. The first-order chi connectivity index (χ1) is 7.97. The normalized spacial score (nSPS) is 12.2. The van der Waals surface area contributed by atoms with E-state index in [-0.39, 0.29) is 17.5 Å². The Hall–Kier alpha value is -1.65. The molecule has 1 rings (SSSR count). The quantitative estimate of drug-likeness (QED) is 0.852. The molecule has 0 amide bonds. The fourth-order valence-electron chi connectivity index (χ4n) is 1.58. The summed E-state index contributed by atoms with van der Waals surface area (Å²) in [6.45, 7) is 7.38. The lowest BCUT2D eigenvalue weighted by Crippen LogP contribution is -2.17. The van der Waals surface area contributed by atoms with Gasteiger partial charge in [-0.2, -0.15) is 5.10 Å². The van der Waals surface area contributed by atoms with Gasteiger partial charge in [0.2, 0.25) is 5.88 Å². The van der Waals surface area contributed by atoms with Crippen molar-refractivity contribution >= 4 is 5.97 Å². The maximum Gasteiger partial charge on any atom is 0.341 e. The number of carboxylic acids is 1. The SMILES string of the molecule is CCCC(C)Oc1nnc(C)c(C)c1C(=O)O. The molecule has 0 aliphatic heterocycles. The highest BCUT2D eigenvalue weighted by Crippen LogP contribution is 2.22. The van der Waals surface area contributed by atoms with E-state index in [2.05, 4.69) is 10.2 Å². The van der Waals surface area contributed by atoms with E-state index in [9.17, 15) is 4.79 Å². The van der Waals surface area contributed by atoms with Crippen LogP contribution in [0.3, 0.4) is 0 Å². The molecule has 1 aromatic heterocycles. The largest absolute Gasteiger partial charge is 0.477 e. The number of rotatable bonds is 5. The Bertz CT molecular complexity index is 418. The summed E-state index contributed by atoms with van der Waals surface area (Å²) in [7, 11) is 0. The van der Waals surface area contributed by atoms with Gasteiger partial charge in [-0.15, -0.1) is 5.10 Å². The van der Waals surface area contributed by atoms with Crippen LogP contribution in [0.15, 0.2) is 0 Å². The lowest BCUT2D eigenvalue weighted by Gasteiger charge is -2.15. The summed E-state index contributed by atoms with van der Waals surface area (Å²) >= 11 is 0. The molecule has 0 radical (unpaired) electrons. The van der Waals surface area contributed by atoms with Crippen LogP contribution in [0.1, 0.15) is 48.3 Å². The maximum atomic E-state index is 11.2. The van der Waals surface area contributed by atoms with Gasteiger partial charge < -0.3 is 9.84 Å². The van der Waals surface area contributed by atoms with E-state index in [4.69, 9.17) is 9.84 Å². The zero-order valence-electron chi connectivity index (χ0n) is 10.6. The van der Waals surface area contributed by atoms with E-state index in [1.807, 2.05) is 13.8 Å². The van der Waals surface area contributed by atoms with E-state index >= 15 is 0 Å². The van der Waals surface area contributed by atoms with Crippen LogP contribution in [0.2, 0.25) is 0 Å². The van der Waals surface area contributed by atoms with Crippen LogP contribution in [0.25, 0.3) is 0 Å². The monoisotopic (exact) mass is 238 g/mol. The molecule has 5 nitrogen and oxygen atoms in total. The first kappa shape index (κ1) is 13.4. The summed E-state index contributed by atoms with van der Waals surface area (Å²) in [6, 6.07) is 0. The van der Waals surface area contributed by atoms with Crippen LogP contribution in [0.5, 0.6) is 5.88 Å². The van der Waals surface area contributed by atoms with Crippen molar-refractivity contribution in [2.75, 3.05) is 0 Å². The van der Waals surface area contributed by atoms with E-state index in [1.54, 1.807) is 13.8 Å². The van der Waals surface area contributed by atoms with Crippen molar-refractivity contribution in [3.63, 3.8) is 0 Å². The number of aromatic nitrogens is 2. The second kappa shape index (κ2) is 5.61. The highest BCUT2D eigenvalue weighted by atomic mass is 16.5.